The number of carbonyl (C=O) groups is 1. The van der Waals surface area contributed by atoms with E-state index in [9.17, 15) is 4.79 Å². The summed E-state index contributed by atoms with van der Waals surface area (Å²) in [6.45, 7) is 2.62. The van der Waals surface area contributed by atoms with Gasteiger partial charge in [0.1, 0.15) is 5.54 Å². The largest absolute Gasteiger partial charge is 0.378 e. The van der Waals surface area contributed by atoms with E-state index in [1.807, 2.05) is 24.3 Å². The molecule has 5 heteroatoms. The maximum absolute atomic E-state index is 11.9. The van der Waals surface area contributed by atoms with E-state index in [1.165, 1.54) is 0 Å². The maximum Gasteiger partial charge on any atom is 0.243 e. The number of hydrogen-bond acceptors (Lipinski definition) is 3. The van der Waals surface area contributed by atoms with Gasteiger partial charge in [0.15, 0.2) is 0 Å². The lowest BCUT2D eigenvalue weighted by Crippen LogP contribution is -2.55. The highest BCUT2D eigenvalue weighted by Gasteiger charge is 2.41. The lowest BCUT2D eigenvalue weighted by Gasteiger charge is -2.39. The monoisotopic (exact) mass is 326 g/mol. The predicted octanol–water partition coefficient (Wildman–Crippen LogP) is 2.67. The number of benzene rings is 1. The summed E-state index contributed by atoms with van der Waals surface area (Å²) in [5, 5.41) is 3.31. The lowest BCUT2D eigenvalue weighted by atomic mass is 9.84. The minimum atomic E-state index is -0.702. The molecule has 2 unspecified atom stereocenters. The zero-order chi connectivity index (χ0) is 13.9. The van der Waals surface area contributed by atoms with Crippen LogP contribution in [0.5, 0.6) is 0 Å². The fraction of sp³-hybridized carbons (Fsp3) is 0.500. The molecule has 1 heterocycles. The summed E-state index contributed by atoms with van der Waals surface area (Å²) in [6.07, 6.45) is 2.20. The molecule has 0 spiro atoms. The van der Waals surface area contributed by atoms with Crippen molar-refractivity contribution < 1.29 is 9.53 Å². The van der Waals surface area contributed by atoms with Gasteiger partial charge in [-0.3, -0.25) is 4.79 Å². The third kappa shape index (κ3) is 3.28. The van der Waals surface area contributed by atoms with Crippen LogP contribution in [0.15, 0.2) is 28.7 Å². The van der Waals surface area contributed by atoms with Crippen molar-refractivity contribution in [3.05, 3.63) is 28.7 Å². The molecule has 1 amide bonds. The van der Waals surface area contributed by atoms with Crippen LogP contribution in [0.25, 0.3) is 0 Å². The van der Waals surface area contributed by atoms with Crippen LogP contribution in [0.2, 0.25) is 0 Å². The Bertz CT molecular complexity index is 449. The van der Waals surface area contributed by atoms with Crippen LogP contribution in [0.3, 0.4) is 0 Å². The molecule has 2 rings (SSSR count). The van der Waals surface area contributed by atoms with E-state index < -0.39 is 5.54 Å². The molecule has 0 bridgehead atoms. The molecule has 1 fully saturated rings. The van der Waals surface area contributed by atoms with Crippen LogP contribution in [-0.4, -0.2) is 24.2 Å². The molecule has 3 N–H and O–H groups in total. The van der Waals surface area contributed by atoms with Gasteiger partial charge in [-0.1, -0.05) is 22.9 Å². The van der Waals surface area contributed by atoms with E-state index in [-0.39, 0.29) is 12.0 Å². The van der Waals surface area contributed by atoms with Gasteiger partial charge in [-0.15, -0.1) is 0 Å². The average Bonchev–Trinajstić information content (AvgIpc) is 2.41. The van der Waals surface area contributed by atoms with E-state index in [2.05, 4.69) is 28.2 Å². The summed E-state index contributed by atoms with van der Waals surface area (Å²) in [5.41, 5.74) is 5.83. The van der Waals surface area contributed by atoms with Crippen LogP contribution >= 0.6 is 15.9 Å². The summed E-state index contributed by atoms with van der Waals surface area (Å²) in [4.78, 5) is 11.9. The van der Waals surface area contributed by atoms with Gasteiger partial charge < -0.3 is 15.8 Å². The fourth-order valence-corrected chi connectivity index (χ4v) is 2.68. The number of rotatable bonds is 4. The first kappa shape index (κ1) is 14.3. The van der Waals surface area contributed by atoms with Crippen LogP contribution in [0, 0.1) is 0 Å². The van der Waals surface area contributed by atoms with Gasteiger partial charge in [0.2, 0.25) is 5.91 Å². The topological polar surface area (TPSA) is 64.3 Å². The Kier molecular flexibility index (Phi) is 4.47. The third-order valence-corrected chi connectivity index (χ3v) is 4.14. The molecule has 1 aromatic rings. The van der Waals surface area contributed by atoms with Crippen molar-refractivity contribution >= 4 is 27.5 Å². The van der Waals surface area contributed by atoms with Gasteiger partial charge in [0.05, 0.1) is 6.10 Å². The highest BCUT2D eigenvalue weighted by Crippen LogP contribution is 2.30. The zero-order valence-electron chi connectivity index (χ0n) is 11.0. The van der Waals surface area contributed by atoms with Crippen molar-refractivity contribution in [3.63, 3.8) is 0 Å². The van der Waals surface area contributed by atoms with Crippen molar-refractivity contribution in [3.8, 4) is 0 Å². The summed E-state index contributed by atoms with van der Waals surface area (Å²) in [7, 11) is 0. The number of carbonyl (C=O) groups excluding carboxylic acids is 1. The lowest BCUT2D eigenvalue weighted by molar-refractivity contribution is -0.127. The number of ether oxygens (including phenoxy) is 1. The molecule has 2 atom stereocenters. The van der Waals surface area contributed by atoms with Gasteiger partial charge in [0.25, 0.3) is 0 Å². The minimum absolute atomic E-state index is 0.0872. The molecular weight excluding hydrogens is 308 g/mol. The number of nitrogens with one attached hydrogen (secondary N) is 1. The number of anilines is 1. The Hall–Kier alpha value is -1.07. The molecule has 1 aliphatic heterocycles. The first-order valence-electron chi connectivity index (χ1n) is 6.51. The third-order valence-electron chi connectivity index (χ3n) is 3.61. The van der Waals surface area contributed by atoms with Crippen molar-refractivity contribution in [1.82, 2.24) is 0 Å². The van der Waals surface area contributed by atoms with Gasteiger partial charge in [0, 0.05) is 29.6 Å². The Balaban J connectivity index is 2.19. The fourth-order valence-electron chi connectivity index (χ4n) is 2.42. The normalized spacial score (nSPS) is 26.9. The molecule has 0 aromatic heterocycles. The summed E-state index contributed by atoms with van der Waals surface area (Å²) in [6, 6.07) is 7.75. The van der Waals surface area contributed by atoms with Crippen molar-refractivity contribution in [2.75, 3.05) is 11.9 Å². The number of amides is 1. The van der Waals surface area contributed by atoms with Crippen molar-refractivity contribution in [2.45, 2.75) is 37.8 Å². The summed E-state index contributed by atoms with van der Waals surface area (Å²) < 4.78 is 6.64. The van der Waals surface area contributed by atoms with Crippen LogP contribution in [0.4, 0.5) is 5.69 Å². The first-order valence-corrected chi connectivity index (χ1v) is 7.30. The highest BCUT2D eigenvalue weighted by molar-refractivity contribution is 9.10. The Morgan fingerprint density at radius 1 is 1.53 bits per heavy atom. The quantitative estimate of drug-likeness (QED) is 0.894. The smallest absolute Gasteiger partial charge is 0.243 e. The van der Waals surface area contributed by atoms with Crippen molar-refractivity contribution in [1.29, 1.82) is 0 Å². The zero-order valence-corrected chi connectivity index (χ0v) is 12.6. The van der Waals surface area contributed by atoms with Gasteiger partial charge in [-0.25, -0.2) is 0 Å². The van der Waals surface area contributed by atoms with Gasteiger partial charge in [-0.2, -0.15) is 0 Å². The van der Waals surface area contributed by atoms with E-state index in [0.29, 0.717) is 19.4 Å². The van der Waals surface area contributed by atoms with Crippen LogP contribution in [0.1, 0.15) is 26.2 Å². The van der Waals surface area contributed by atoms with Crippen molar-refractivity contribution in [2.24, 2.45) is 5.73 Å². The Labute approximate surface area is 121 Å². The number of primary amides is 1. The molecule has 1 aromatic carbocycles. The Morgan fingerprint density at radius 2 is 2.21 bits per heavy atom. The standard InChI is InChI=1S/C14H19BrN2O2/c1-2-12-9-14(13(16)18,7-8-19-12)17-11-5-3-10(15)4-6-11/h3-6,12,17H,2,7-9H2,1H3,(H2,16,18). The average molecular weight is 327 g/mol. The molecule has 1 aliphatic rings. The first-order chi connectivity index (χ1) is 9.05. The molecule has 0 saturated carbocycles. The molecule has 104 valence electrons. The second kappa shape index (κ2) is 5.92. The summed E-state index contributed by atoms with van der Waals surface area (Å²) >= 11 is 3.39. The number of hydrogen-bond donors (Lipinski definition) is 2. The number of halogens is 1. The summed E-state index contributed by atoms with van der Waals surface area (Å²) in [5.74, 6) is -0.308. The van der Waals surface area contributed by atoms with Crippen LogP contribution < -0.4 is 11.1 Å². The SMILES string of the molecule is CCC1CC(Nc2ccc(Br)cc2)(C(N)=O)CCO1. The molecular formula is C14H19BrN2O2. The second-order valence-corrected chi connectivity index (χ2v) is 5.85. The van der Waals surface area contributed by atoms with Crippen LogP contribution in [-0.2, 0) is 9.53 Å². The second-order valence-electron chi connectivity index (χ2n) is 4.93. The highest BCUT2D eigenvalue weighted by atomic mass is 79.9. The minimum Gasteiger partial charge on any atom is -0.378 e. The molecule has 1 saturated heterocycles. The maximum atomic E-state index is 11.9. The molecule has 19 heavy (non-hydrogen) atoms. The Morgan fingerprint density at radius 3 is 2.79 bits per heavy atom. The van der Waals surface area contributed by atoms with E-state index in [1.54, 1.807) is 0 Å². The molecule has 0 radical (unpaired) electrons. The van der Waals surface area contributed by atoms with Gasteiger partial charge in [-0.05, 0) is 30.7 Å². The van der Waals surface area contributed by atoms with Gasteiger partial charge >= 0.3 is 0 Å². The predicted molar refractivity (Wildman–Crippen MR) is 79.0 cm³/mol. The number of nitrogens with two attached hydrogens (primary N) is 1. The molecule has 4 nitrogen and oxygen atoms in total. The molecule has 0 aliphatic carbocycles. The van der Waals surface area contributed by atoms with E-state index >= 15 is 0 Å². The van der Waals surface area contributed by atoms with E-state index in [0.717, 1.165) is 16.6 Å². The van der Waals surface area contributed by atoms with E-state index in [4.69, 9.17) is 10.5 Å².